The smallest absolute Gasteiger partial charge is 0.0224 e. The Hall–Kier alpha value is 0.540. The minimum absolute atomic E-state index is 0.747. The lowest BCUT2D eigenvalue weighted by Crippen LogP contribution is -2.59. The van der Waals surface area contributed by atoms with Crippen molar-refractivity contribution in [1.29, 1.82) is 0 Å². The molecule has 0 aromatic rings. The highest BCUT2D eigenvalue weighted by molar-refractivity contribution is 7.99. The lowest BCUT2D eigenvalue weighted by atomic mass is 9.97. The molecule has 0 spiro atoms. The zero-order valence-electron chi connectivity index (χ0n) is 54.5. The highest BCUT2D eigenvalue weighted by Gasteiger charge is 2.32. The van der Waals surface area contributed by atoms with Crippen molar-refractivity contribution in [2.75, 3.05) is 88.5 Å². The molecule has 0 aromatic heterocycles. The van der Waals surface area contributed by atoms with Gasteiger partial charge in [-0.3, -0.25) is 9.80 Å². The Morgan fingerprint density at radius 2 is 0.584 bits per heavy atom. The molecule has 1 aliphatic heterocycles. The molecular formula is C71H146N4S2. The molecular weight excluding hydrogens is 973 g/mol. The molecule has 1 saturated heterocycles. The molecule has 1 fully saturated rings. The van der Waals surface area contributed by atoms with Gasteiger partial charge >= 0.3 is 0 Å². The summed E-state index contributed by atoms with van der Waals surface area (Å²) in [5.41, 5.74) is 0. The normalized spacial score (nSPS) is 16.0. The van der Waals surface area contributed by atoms with Crippen molar-refractivity contribution < 1.29 is 0 Å². The Morgan fingerprint density at radius 3 is 0.922 bits per heavy atom. The van der Waals surface area contributed by atoms with E-state index in [4.69, 9.17) is 0 Å². The highest BCUT2D eigenvalue weighted by Crippen LogP contribution is 2.25. The fourth-order valence-electron chi connectivity index (χ4n) is 12.6. The first-order chi connectivity index (χ1) is 38.0. The highest BCUT2D eigenvalue weighted by atomic mass is 32.2. The van der Waals surface area contributed by atoms with Gasteiger partial charge in [0.05, 0.1) is 0 Å². The van der Waals surface area contributed by atoms with Gasteiger partial charge in [0.15, 0.2) is 0 Å². The van der Waals surface area contributed by atoms with E-state index >= 15 is 0 Å². The quantitative estimate of drug-likeness (QED) is 0.0559. The van der Waals surface area contributed by atoms with Gasteiger partial charge in [0, 0.05) is 80.9 Å². The molecule has 6 heteroatoms. The Labute approximate surface area is 497 Å². The van der Waals surface area contributed by atoms with E-state index in [9.17, 15) is 0 Å². The van der Waals surface area contributed by atoms with Crippen molar-refractivity contribution in [2.45, 2.75) is 362 Å². The van der Waals surface area contributed by atoms with Gasteiger partial charge in [-0.2, -0.15) is 23.5 Å². The van der Waals surface area contributed by atoms with E-state index < -0.39 is 0 Å². The monoisotopic (exact) mass is 1120 g/mol. The number of unbranched alkanes of at least 4 members (excludes halogenated alkanes) is 38. The summed E-state index contributed by atoms with van der Waals surface area (Å²) in [6, 6.07) is 1.50. The van der Waals surface area contributed by atoms with E-state index in [0.717, 1.165) is 18.0 Å². The maximum Gasteiger partial charge on any atom is 0.0224 e. The topological polar surface area (TPSA) is 13.0 Å². The van der Waals surface area contributed by atoms with Crippen LogP contribution in [0, 0.1) is 5.92 Å². The van der Waals surface area contributed by atoms with Crippen molar-refractivity contribution in [2.24, 2.45) is 5.92 Å². The van der Waals surface area contributed by atoms with Crippen LogP contribution in [0.1, 0.15) is 350 Å². The van der Waals surface area contributed by atoms with Crippen LogP contribution in [0.4, 0.5) is 0 Å². The fraction of sp³-hybridized carbons (Fsp3) is 1.00. The summed E-state index contributed by atoms with van der Waals surface area (Å²) in [6.45, 7) is 29.9. The SMILES string of the molecule is CCCCCCCCCCCCN(CCCCCCCCCCCC)CCSCCN1CC(CCCCC)N(CCSCCN(CCCCCCCCCCCC)CC(C)CCCCCCCCCC)CC1CCCCC. The van der Waals surface area contributed by atoms with Gasteiger partial charge in [0.25, 0.3) is 0 Å². The zero-order valence-corrected chi connectivity index (χ0v) is 56.1. The molecule has 0 aliphatic carbocycles. The second kappa shape index (κ2) is 61.1. The Morgan fingerprint density at radius 1 is 0.312 bits per heavy atom. The molecule has 0 saturated carbocycles. The van der Waals surface area contributed by atoms with Gasteiger partial charge < -0.3 is 9.80 Å². The second-order valence-corrected chi connectivity index (χ2v) is 28.0. The lowest BCUT2D eigenvalue weighted by Gasteiger charge is -2.47. The molecule has 0 radical (unpaired) electrons. The zero-order chi connectivity index (χ0) is 55.6. The Balaban J connectivity index is 2.76. The first-order valence-electron chi connectivity index (χ1n) is 36.1. The van der Waals surface area contributed by atoms with Crippen LogP contribution in [0.5, 0.6) is 0 Å². The van der Waals surface area contributed by atoms with Gasteiger partial charge in [0.1, 0.15) is 0 Å². The molecule has 1 aliphatic rings. The predicted octanol–water partition coefficient (Wildman–Crippen LogP) is 22.5. The molecule has 3 unspecified atom stereocenters. The van der Waals surface area contributed by atoms with Crippen LogP contribution in [0.3, 0.4) is 0 Å². The van der Waals surface area contributed by atoms with Crippen molar-refractivity contribution in [1.82, 2.24) is 19.6 Å². The van der Waals surface area contributed by atoms with Crippen molar-refractivity contribution in [3.8, 4) is 0 Å². The summed E-state index contributed by atoms with van der Waals surface area (Å²) >= 11 is 4.57. The van der Waals surface area contributed by atoms with Crippen molar-refractivity contribution >= 4 is 23.5 Å². The van der Waals surface area contributed by atoms with Crippen molar-refractivity contribution in [3.63, 3.8) is 0 Å². The summed E-state index contributed by atoms with van der Waals surface area (Å²) in [4.78, 5) is 11.9. The first-order valence-corrected chi connectivity index (χ1v) is 38.4. The van der Waals surface area contributed by atoms with E-state index in [1.807, 2.05) is 0 Å². The molecule has 0 amide bonds. The molecule has 0 aromatic carbocycles. The van der Waals surface area contributed by atoms with Gasteiger partial charge in [-0.15, -0.1) is 0 Å². The summed E-state index contributed by atoms with van der Waals surface area (Å²) in [7, 11) is 0. The summed E-state index contributed by atoms with van der Waals surface area (Å²) in [5, 5.41) is 0. The Bertz CT molecular complexity index is 1090. The molecule has 1 heterocycles. The first kappa shape index (κ1) is 75.6. The average molecular weight is 1120 g/mol. The van der Waals surface area contributed by atoms with Crippen LogP contribution >= 0.6 is 23.5 Å². The summed E-state index contributed by atoms with van der Waals surface area (Å²) < 4.78 is 0. The molecule has 3 atom stereocenters. The summed E-state index contributed by atoms with van der Waals surface area (Å²) in [6.07, 6.45) is 67.3. The van der Waals surface area contributed by atoms with E-state index in [1.165, 1.54) is 390 Å². The molecule has 1 rings (SSSR count). The van der Waals surface area contributed by atoms with Gasteiger partial charge in [-0.05, 0) is 64.1 Å². The van der Waals surface area contributed by atoms with Gasteiger partial charge in [-0.1, -0.05) is 312 Å². The lowest BCUT2D eigenvalue weighted by molar-refractivity contribution is 0.0268. The number of nitrogens with zero attached hydrogens (tertiary/aromatic N) is 4. The minimum atomic E-state index is 0.747. The predicted molar refractivity (Wildman–Crippen MR) is 358 cm³/mol. The molecule has 77 heavy (non-hydrogen) atoms. The largest absolute Gasteiger partial charge is 0.303 e. The van der Waals surface area contributed by atoms with Gasteiger partial charge in [-0.25, -0.2) is 0 Å². The molecule has 0 N–H and O–H groups in total. The van der Waals surface area contributed by atoms with E-state index in [0.29, 0.717) is 0 Å². The van der Waals surface area contributed by atoms with Crippen LogP contribution in [0.15, 0.2) is 0 Å². The third kappa shape index (κ3) is 49.7. The maximum absolute atomic E-state index is 3.02. The van der Waals surface area contributed by atoms with Gasteiger partial charge in [0.2, 0.25) is 0 Å². The number of piperazine rings is 1. The number of rotatable bonds is 64. The third-order valence-corrected chi connectivity index (χ3v) is 19.8. The van der Waals surface area contributed by atoms with E-state index in [1.54, 1.807) is 0 Å². The van der Waals surface area contributed by atoms with Crippen LogP contribution < -0.4 is 0 Å². The van der Waals surface area contributed by atoms with E-state index in [-0.39, 0.29) is 0 Å². The summed E-state index contributed by atoms with van der Waals surface area (Å²) in [5.74, 6) is 6.10. The minimum Gasteiger partial charge on any atom is -0.303 e. The molecule has 0 bridgehead atoms. The fourth-order valence-corrected chi connectivity index (χ4v) is 14.5. The van der Waals surface area contributed by atoms with Crippen LogP contribution in [-0.2, 0) is 0 Å². The number of hydrogen-bond donors (Lipinski definition) is 0. The molecule has 462 valence electrons. The van der Waals surface area contributed by atoms with E-state index in [2.05, 4.69) is 91.6 Å². The molecule has 4 nitrogen and oxygen atoms in total. The van der Waals surface area contributed by atoms with Crippen LogP contribution in [0.25, 0.3) is 0 Å². The number of hydrogen-bond acceptors (Lipinski definition) is 6. The maximum atomic E-state index is 3.02. The average Bonchev–Trinajstić information content (AvgIpc) is 3.43. The second-order valence-electron chi connectivity index (χ2n) is 25.6. The standard InChI is InChI=1S/C71H146N4S2/c1-8-14-20-24-28-32-35-39-43-49-55-72(56-50-44-40-36-33-29-25-21-15-9-2)58-62-76-64-60-74-67-71(54-47-19-13-6)75(68-70(74)53-46-18-12-5)61-65-77-63-59-73(57-51-45-41-37-34-30-26-22-16-10-3)66-69(7)52-48-42-38-31-27-23-17-11-4/h69-71H,8-68H2,1-7H3. The Kier molecular flexibility index (Phi) is 60.0. The third-order valence-electron chi connectivity index (χ3n) is 18.0. The van der Waals surface area contributed by atoms with Crippen LogP contribution in [-0.4, -0.2) is 120 Å². The van der Waals surface area contributed by atoms with Crippen LogP contribution in [0.2, 0.25) is 0 Å². The number of thioether (sulfide) groups is 2. The van der Waals surface area contributed by atoms with Crippen molar-refractivity contribution in [3.05, 3.63) is 0 Å².